The van der Waals surface area contributed by atoms with Crippen LogP contribution in [0.2, 0.25) is 0 Å². The number of carboxylic acid groups (broad SMARTS) is 1. The van der Waals surface area contributed by atoms with E-state index in [9.17, 15) is 13.2 Å². The van der Waals surface area contributed by atoms with Crippen molar-refractivity contribution in [3.05, 3.63) is 35.4 Å². The molecule has 1 aromatic carbocycles. The Balaban J connectivity index is 2.50. The van der Waals surface area contributed by atoms with Crippen molar-refractivity contribution in [3.8, 4) is 0 Å². The van der Waals surface area contributed by atoms with E-state index in [-0.39, 0.29) is 5.75 Å². The summed E-state index contributed by atoms with van der Waals surface area (Å²) in [6, 6.07) is 8.24. The van der Waals surface area contributed by atoms with Crippen LogP contribution >= 0.6 is 0 Å². The van der Waals surface area contributed by atoms with Crippen molar-refractivity contribution in [2.45, 2.75) is 26.3 Å². The zero-order chi connectivity index (χ0) is 16.0. The van der Waals surface area contributed by atoms with Crippen molar-refractivity contribution in [2.75, 3.05) is 25.1 Å². The molecule has 118 valence electrons. The normalized spacial score (nSPS) is 12.0. The molecule has 1 N–H and O–H groups in total. The molecule has 0 atom stereocenters. The van der Waals surface area contributed by atoms with Gasteiger partial charge in [0.25, 0.3) is 0 Å². The molecule has 0 fully saturated rings. The van der Waals surface area contributed by atoms with Crippen molar-refractivity contribution in [1.82, 2.24) is 4.90 Å². The number of hydrogen-bond donors (Lipinski definition) is 1. The molecule has 0 bridgehead atoms. The Labute approximate surface area is 126 Å². The van der Waals surface area contributed by atoms with Crippen LogP contribution in [0.4, 0.5) is 0 Å². The third-order valence-electron chi connectivity index (χ3n) is 3.23. The highest BCUT2D eigenvalue weighted by Gasteiger charge is 2.16. The van der Waals surface area contributed by atoms with E-state index in [1.807, 2.05) is 24.1 Å². The van der Waals surface area contributed by atoms with Gasteiger partial charge in [-0.3, -0.25) is 4.79 Å². The molecule has 0 spiro atoms. The molecule has 0 amide bonds. The first-order valence-corrected chi connectivity index (χ1v) is 8.71. The molecule has 0 aliphatic carbocycles. The summed E-state index contributed by atoms with van der Waals surface area (Å²) in [5.74, 6) is -1.76. The standard InChI is InChI=1S/C15H23NO4S/c1-12(2)14-6-4-13(5-7-14)10-16(3)8-9-21(19,20)11-15(17)18/h4-7,12H,8-11H2,1-3H3,(H,17,18). The second-order valence-electron chi connectivity index (χ2n) is 5.62. The number of hydrogen-bond acceptors (Lipinski definition) is 4. The second-order valence-corrected chi connectivity index (χ2v) is 7.80. The van der Waals surface area contributed by atoms with Gasteiger partial charge in [-0.15, -0.1) is 0 Å². The van der Waals surface area contributed by atoms with Gasteiger partial charge in [-0.05, 0) is 24.1 Å². The van der Waals surface area contributed by atoms with Gasteiger partial charge in [0.05, 0.1) is 5.75 Å². The van der Waals surface area contributed by atoms with Crippen LogP contribution in [0.15, 0.2) is 24.3 Å². The fraction of sp³-hybridized carbons (Fsp3) is 0.533. The van der Waals surface area contributed by atoms with E-state index in [0.717, 1.165) is 5.56 Å². The summed E-state index contributed by atoms with van der Waals surface area (Å²) >= 11 is 0. The van der Waals surface area contributed by atoms with Gasteiger partial charge in [-0.2, -0.15) is 0 Å². The smallest absolute Gasteiger partial charge is 0.318 e. The average Bonchev–Trinajstić information content (AvgIpc) is 2.36. The Morgan fingerprint density at radius 2 is 1.81 bits per heavy atom. The van der Waals surface area contributed by atoms with Crippen molar-refractivity contribution < 1.29 is 18.3 Å². The molecular weight excluding hydrogens is 290 g/mol. The zero-order valence-corrected chi connectivity index (χ0v) is 13.6. The van der Waals surface area contributed by atoms with Gasteiger partial charge < -0.3 is 10.0 Å². The Kier molecular flexibility index (Phi) is 6.36. The van der Waals surface area contributed by atoms with E-state index in [4.69, 9.17) is 5.11 Å². The number of aliphatic carboxylic acids is 1. The zero-order valence-electron chi connectivity index (χ0n) is 12.7. The third kappa shape index (κ3) is 6.73. The number of sulfone groups is 1. The van der Waals surface area contributed by atoms with Gasteiger partial charge in [0.2, 0.25) is 0 Å². The molecule has 0 saturated carbocycles. The van der Waals surface area contributed by atoms with Gasteiger partial charge >= 0.3 is 5.97 Å². The molecular formula is C15H23NO4S. The molecule has 6 heteroatoms. The maximum absolute atomic E-state index is 11.5. The van der Waals surface area contributed by atoms with Crippen LogP contribution in [0.25, 0.3) is 0 Å². The van der Waals surface area contributed by atoms with Gasteiger partial charge in [0.1, 0.15) is 5.75 Å². The summed E-state index contributed by atoms with van der Waals surface area (Å²) in [5.41, 5.74) is 2.38. The maximum Gasteiger partial charge on any atom is 0.318 e. The fourth-order valence-electron chi connectivity index (χ4n) is 1.95. The number of nitrogens with zero attached hydrogens (tertiary/aromatic N) is 1. The van der Waals surface area contributed by atoms with Crippen LogP contribution < -0.4 is 0 Å². The molecule has 0 heterocycles. The largest absolute Gasteiger partial charge is 0.480 e. The first-order chi connectivity index (χ1) is 9.69. The maximum atomic E-state index is 11.5. The minimum atomic E-state index is -3.53. The summed E-state index contributed by atoms with van der Waals surface area (Å²) < 4.78 is 23.0. The van der Waals surface area contributed by atoms with Crippen LogP contribution in [0.5, 0.6) is 0 Å². The minimum Gasteiger partial charge on any atom is -0.480 e. The number of benzene rings is 1. The Morgan fingerprint density at radius 1 is 1.24 bits per heavy atom. The summed E-state index contributed by atoms with van der Waals surface area (Å²) in [7, 11) is -1.70. The van der Waals surface area contributed by atoms with Crippen LogP contribution in [-0.2, 0) is 21.2 Å². The van der Waals surface area contributed by atoms with E-state index in [2.05, 4.69) is 26.0 Å². The van der Waals surface area contributed by atoms with Crippen LogP contribution in [-0.4, -0.2) is 49.5 Å². The van der Waals surface area contributed by atoms with E-state index in [0.29, 0.717) is 19.0 Å². The number of carboxylic acids is 1. The third-order valence-corrected chi connectivity index (χ3v) is 4.72. The van der Waals surface area contributed by atoms with Crippen molar-refractivity contribution >= 4 is 15.8 Å². The van der Waals surface area contributed by atoms with Gasteiger partial charge in [0.15, 0.2) is 9.84 Å². The predicted octanol–water partition coefficient (Wildman–Crippen LogP) is 1.74. The molecule has 1 aromatic rings. The number of rotatable bonds is 8. The van der Waals surface area contributed by atoms with Crippen molar-refractivity contribution in [2.24, 2.45) is 0 Å². The fourth-order valence-corrected chi connectivity index (χ4v) is 3.06. The monoisotopic (exact) mass is 313 g/mol. The topological polar surface area (TPSA) is 74.7 Å². The first-order valence-electron chi connectivity index (χ1n) is 6.89. The second kappa shape index (κ2) is 7.56. The Bertz CT molecular complexity index is 564. The van der Waals surface area contributed by atoms with E-state index in [1.165, 1.54) is 5.56 Å². The highest BCUT2D eigenvalue weighted by molar-refractivity contribution is 7.92. The average molecular weight is 313 g/mol. The molecule has 21 heavy (non-hydrogen) atoms. The van der Waals surface area contributed by atoms with Crippen LogP contribution in [0.1, 0.15) is 30.9 Å². The lowest BCUT2D eigenvalue weighted by molar-refractivity contribution is -0.134. The van der Waals surface area contributed by atoms with E-state index >= 15 is 0 Å². The molecule has 1 rings (SSSR count). The Hall–Kier alpha value is -1.40. The SMILES string of the molecule is CC(C)c1ccc(CN(C)CCS(=O)(=O)CC(=O)O)cc1. The minimum absolute atomic E-state index is 0.139. The molecule has 0 aliphatic heterocycles. The summed E-state index contributed by atoms with van der Waals surface area (Å²) in [4.78, 5) is 12.3. The lowest BCUT2D eigenvalue weighted by atomic mass is 10.0. The lowest BCUT2D eigenvalue weighted by Crippen LogP contribution is -2.28. The molecule has 5 nitrogen and oxygen atoms in total. The molecule has 0 unspecified atom stereocenters. The van der Waals surface area contributed by atoms with Crippen LogP contribution in [0, 0.1) is 0 Å². The predicted molar refractivity (Wildman–Crippen MR) is 83.2 cm³/mol. The molecule has 0 saturated heterocycles. The van der Waals surface area contributed by atoms with Crippen LogP contribution in [0.3, 0.4) is 0 Å². The Morgan fingerprint density at radius 3 is 2.29 bits per heavy atom. The van der Waals surface area contributed by atoms with Gasteiger partial charge in [-0.1, -0.05) is 38.1 Å². The van der Waals surface area contributed by atoms with E-state index in [1.54, 1.807) is 0 Å². The van der Waals surface area contributed by atoms with E-state index < -0.39 is 21.6 Å². The van der Waals surface area contributed by atoms with Gasteiger partial charge in [0, 0.05) is 13.1 Å². The quantitative estimate of drug-likeness (QED) is 0.791. The highest BCUT2D eigenvalue weighted by Crippen LogP contribution is 2.15. The molecule has 0 radical (unpaired) electrons. The van der Waals surface area contributed by atoms with Crippen molar-refractivity contribution in [1.29, 1.82) is 0 Å². The molecule has 0 aromatic heterocycles. The number of carbonyl (C=O) groups is 1. The summed E-state index contributed by atoms with van der Waals surface area (Å²) in [5, 5.41) is 8.53. The van der Waals surface area contributed by atoms with Gasteiger partial charge in [-0.25, -0.2) is 8.42 Å². The summed E-state index contributed by atoms with van der Waals surface area (Å²) in [6.45, 7) is 5.23. The lowest BCUT2D eigenvalue weighted by Gasteiger charge is -2.17. The summed E-state index contributed by atoms with van der Waals surface area (Å²) in [6.07, 6.45) is 0. The first kappa shape index (κ1) is 17.7. The van der Waals surface area contributed by atoms with Crippen molar-refractivity contribution in [3.63, 3.8) is 0 Å². The molecule has 0 aliphatic rings. The highest BCUT2D eigenvalue weighted by atomic mass is 32.2.